The van der Waals surface area contributed by atoms with Crippen molar-refractivity contribution < 1.29 is 8.50 Å². The molecule has 1 atom stereocenters. The Kier molecular flexibility index (Phi) is 3.03. The Hall–Kier alpha value is -1.92. The van der Waals surface area contributed by atoms with Crippen LogP contribution in [0.2, 0.25) is 0 Å². The highest BCUT2D eigenvalue weighted by atomic mass is 19.1. The maximum Gasteiger partial charge on any atom is 0.332 e. The van der Waals surface area contributed by atoms with Crippen LogP contribution in [0, 0.1) is 0 Å². The van der Waals surface area contributed by atoms with E-state index in [9.17, 15) is 14.0 Å². The minimum atomic E-state index is -2.74. The number of imidazole rings is 1. The fourth-order valence-corrected chi connectivity index (χ4v) is 2.15. The van der Waals surface area contributed by atoms with Crippen LogP contribution < -0.4 is 11.2 Å². The summed E-state index contributed by atoms with van der Waals surface area (Å²) in [5.41, 5.74) is -1.61. The lowest BCUT2D eigenvalue weighted by Crippen LogP contribution is -2.39. The fraction of sp³-hybridized carbons (Fsp3) is 0.615. The van der Waals surface area contributed by atoms with Crippen LogP contribution in [0.5, 0.6) is 0 Å². The number of aromatic nitrogens is 4. The number of hydrogen-bond donors (Lipinski definition) is 0. The number of halogens is 1. The Labute approximate surface area is 119 Å². The van der Waals surface area contributed by atoms with Gasteiger partial charge in [-0.15, -0.1) is 0 Å². The van der Waals surface area contributed by atoms with Crippen LogP contribution in [0.1, 0.15) is 30.3 Å². The van der Waals surface area contributed by atoms with Gasteiger partial charge in [0.05, 0.1) is 12.5 Å². The molecule has 0 saturated heterocycles. The first-order valence-electron chi connectivity index (χ1n) is 7.96. The Morgan fingerprint density at radius 1 is 1.45 bits per heavy atom. The highest BCUT2D eigenvalue weighted by Crippen LogP contribution is 2.06. The summed E-state index contributed by atoms with van der Waals surface area (Å²) in [7, 11) is 1.56. The molecule has 20 heavy (non-hydrogen) atoms. The molecule has 2 rings (SSSR count). The van der Waals surface area contributed by atoms with Gasteiger partial charge in [-0.3, -0.25) is 13.9 Å². The summed E-state index contributed by atoms with van der Waals surface area (Å²) in [6.45, 7) is -1.26. The van der Waals surface area contributed by atoms with E-state index in [0.29, 0.717) is 23.8 Å². The lowest BCUT2D eigenvalue weighted by molar-refractivity contribution is 0.328. The molecule has 7 heteroatoms. The molecule has 0 bridgehead atoms. The minimum absolute atomic E-state index is 0.0432. The van der Waals surface area contributed by atoms with Crippen molar-refractivity contribution in [2.24, 2.45) is 14.0 Å². The summed E-state index contributed by atoms with van der Waals surface area (Å²) < 4.78 is 38.2. The highest BCUT2D eigenvalue weighted by molar-refractivity contribution is 5.69. The summed E-state index contributed by atoms with van der Waals surface area (Å²) in [6, 6.07) is 0. The van der Waals surface area contributed by atoms with Crippen LogP contribution >= 0.6 is 0 Å². The molecule has 0 aliphatic rings. The molecule has 0 spiro atoms. The van der Waals surface area contributed by atoms with E-state index in [4.69, 9.17) is 4.11 Å². The Morgan fingerprint density at radius 3 is 2.85 bits per heavy atom. The molecule has 0 fully saturated rings. The third kappa shape index (κ3) is 2.52. The molecule has 2 aromatic rings. The lowest BCUT2D eigenvalue weighted by Gasteiger charge is -2.08. The van der Waals surface area contributed by atoms with Crippen molar-refractivity contribution >= 4 is 11.2 Å². The van der Waals surface area contributed by atoms with E-state index >= 15 is 0 Å². The second-order valence-electron chi connectivity index (χ2n) is 4.88. The quantitative estimate of drug-likeness (QED) is 0.769. The molecule has 6 nitrogen and oxygen atoms in total. The Balaban J connectivity index is 2.54. The van der Waals surface area contributed by atoms with Crippen LogP contribution in [-0.4, -0.2) is 24.9 Å². The Morgan fingerprint density at radius 2 is 2.20 bits per heavy atom. The summed E-state index contributed by atoms with van der Waals surface area (Å²) >= 11 is 0. The first-order valence-corrected chi connectivity index (χ1v) is 6.46. The molecular weight excluding hydrogens is 263 g/mol. The van der Waals surface area contributed by atoms with Gasteiger partial charge in [0.2, 0.25) is 0 Å². The van der Waals surface area contributed by atoms with Crippen molar-refractivity contribution in [3.8, 4) is 0 Å². The average molecular weight is 285 g/mol. The summed E-state index contributed by atoms with van der Waals surface area (Å²) in [6.07, 6.45) is 1.58. The summed E-state index contributed by atoms with van der Waals surface area (Å²) in [4.78, 5) is 28.8. The first kappa shape index (κ1) is 10.8. The topological polar surface area (TPSA) is 61.8 Å². The third-order valence-corrected chi connectivity index (χ3v) is 3.23. The van der Waals surface area contributed by atoms with Crippen molar-refractivity contribution in [2.45, 2.75) is 38.9 Å². The van der Waals surface area contributed by atoms with E-state index in [1.807, 2.05) is 0 Å². The standard InChI is InChI=1S/C13H19FN4O2/c1-9(14)6-4-5-7-18-12(19)10-11(15-8-16(10)2)17(3)13(18)20/h8-9H,4-7H2,1-3H3/i3D3. The zero-order valence-corrected chi connectivity index (χ0v) is 11.5. The molecule has 2 heterocycles. The van der Waals surface area contributed by atoms with E-state index in [0.717, 1.165) is 4.57 Å². The van der Waals surface area contributed by atoms with Crippen LogP contribution in [0.15, 0.2) is 15.9 Å². The van der Waals surface area contributed by atoms with Gasteiger partial charge in [0.15, 0.2) is 11.2 Å². The van der Waals surface area contributed by atoms with Crippen molar-refractivity contribution in [1.82, 2.24) is 18.7 Å². The monoisotopic (exact) mass is 285 g/mol. The molecule has 0 aliphatic heterocycles. The zero-order valence-electron chi connectivity index (χ0n) is 14.5. The maximum atomic E-state index is 12.8. The predicted octanol–water partition coefficient (Wildman–Crippen LogP) is 0.962. The smallest absolute Gasteiger partial charge is 0.328 e. The number of alkyl halides is 1. The fourth-order valence-electron chi connectivity index (χ4n) is 2.15. The highest BCUT2D eigenvalue weighted by Gasteiger charge is 2.14. The van der Waals surface area contributed by atoms with Gasteiger partial charge in [0.25, 0.3) is 5.56 Å². The summed E-state index contributed by atoms with van der Waals surface area (Å²) in [5, 5.41) is 0. The minimum Gasteiger partial charge on any atom is -0.328 e. The molecule has 0 saturated carbocycles. The number of rotatable bonds is 5. The number of nitrogens with zero attached hydrogens (tertiary/aromatic N) is 4. The van der Waals surface area contributed by atoms with Crippen LogP contribution in [-0.2, 0) is 20.6 Å². The molecule has 2 aromatic heterocycles. The Bertz CT molecular complexity index is 819. The van der Waals surface area contributed by atoms with Gasteiger partial charge >= 0.3 is 5.69 Å². The average Bonchev–Trinajstić information content (AvgIpc) is 2.77. The van der Waals surface area contributed by atoms with E-state index in [-0.39, 0.29) is 17.7 Å². The molecule has 0 aromatic carbocycles. The number of unbranched alkanes of at least 4 members (excludes halogenated alkanes) is 1. The molecule has 1 unspecified atom stereocenters. The van der Waals surface area contributed by atoms with E-state index < -0.39 is 24.4 Å². The number of fused-ring (bicyclic) bond motifs is 1. The first-order chi connectivity index (χ1) is 10.6. The van der Waals surface area contributed by atoms with Gasteiger partial charge in [-0.2, -0.15) is 0 Å². The van der Waals surface area contributed by atoms with Crippen LogP contribution in [0.4, 0.5) is 4.39 Å². The van der Waals surface area contributed by atoms with Gasteiger partial charge in [0.1, 0.15) is 0 Å². The maximum absolute atomic E-state index is 12.8. The SMILES string of the molecule is [2H]C([2H])([2H])n1c(=O)n(CCCCC(C)F)c(=O)c2c1ncn2C. The van der Waals surface area contributed by atoms with Gasteiger partial charge < -0.3 is 4.57 Å². The molecule has 0 aliphatic carbocycles. The van der Waals surface area contributed by atoms with Gasteiger partial charge in [-0.25, -0.2) is 14.2 Å². The van der Waals surface area contributed by atoms with Crippen molar-refractivity contribution in [2.75, 3.05) is 0 Å². The zero-order chi connectivity index (χ0) is 17.4. The molecule has 0 N–H and O–H groups in total. The normalized spacial score (nSPS) is 15.8. The molecule has 0 radical (unpaired) electrons. The lowest BCUT2D eigenvalue weighted by atomic mass is 10.2. The van der Waals surface area contributed by atoms with Crippen molar-refractivity contribution in [3.63, 3.8) is 0 Å². The van der Waals surface area contributed by atoms with Crippen molar-refractivity contribution in [3.05, 3.63) is 27.2 Å². The van der Waals surface area contributed by atoms with Crippen molar-refractivity contribution in [1.29, 1.82) is 0 Å². The largest absolute Gasteiger partial charge is 0.332 e. The predicted molar refractivity (Wildman–Crippen MR) is 74.6 cm³/mol. The van der Waals surface area contributed by atoms with Gasteiger partial charge in [0, 0.05) is 24.7 Å². The second kappa shape index (κ2) is 5.60. The second-order valence-corrected chi connectivity index (χ2v) is 4.88. The van der Waals surface area contributed by atoms with Crippen LogP contribution in [0.25, 0.3) is 11.2 Å². The molecule has 0 amide bonds. The number of aryl methyl sites for hydroxylation is 2. The van der Waals surface area contributed by atoms with E-state index in [1.54, 1.807) is 7.05 Å². The third-order valence-electron chi connectivity index (χ3n) is 3.23. The molecule has 110 valence electrons. The van der Waals surface area contributed by atoms with E-state index in [1.165, 1.54) is 17.8 Å². The van der Waals surface area contributed by atoms with Gasteiger partial charge in [-0.1, -0.05) is 0 Å². The van der Waals surface area contributed by atoms with Gasteiger partial charge in [-0.05, 0) is 26.2 Å². The number of hydrogen-bond acceptors (Lipinski definition) is 3. The summed E-state index contributed by atoms with van der Waals surface area (Å²) in [5.74, 6) is 0. The molecular formula is C13H19FN4O2. The van der Waals surface area contributed by atoms with Crippen LogP contribution in [0.3, 0.4) is 0 Å². The van der Waals surface area contributed by atoms with E-state index in [2.05, 4.69) is 4.98 Å².